The molecule has 278 valence electrons. The van der Waals surface area contributed by atoms with Gasteiger partial charge in [0.05, 0.1) is 6.04 Å². The molecule has 0 fully saturated rings. The molecule has 0 amide bonds. The minimum Gasteiger partial charge on any atom is -0.380 e. The average Bonchev–Trinajstić information content (AvgIpc) is 3.20. The molecule has 1 aromatic rings. The molecule has 0 radical (unpaired) electrons. The van der Waals surface area contributed by atoms with Crippen LogP contribution in [0.1, 0.15) is 124 Å². The lowest BCUT2D eigenvalue weighted by atomic mass is 9.79. The van der Waals surface area contributed by atoms with Gasteiger partial charge in [-0.15, -0.1) is 0 Å². The van der Waals surface area contributed by atoms with Crippen molar-refractivity contribution in [2.45, 2.75) is 136 Å². The highest BCUT2D eigenvalue weighted by atomic mass is 14.9. The first-order chi connectivity index (χ1) is 25.5. The molecular formula is C49H67N3. The maximum absolute atomic E-state index is 5.66. The Morgan fingerprint density at radius 1 is 0.962 bits per heavy atom. The summed E-state index contributed by atoms with van der Waals surface area (Å²) < 4.78 is 0. The maximum Gasteiger partial charge on any atom is 0.0655 e. The van der Waals surface area contributed by atoms with Crippen LogP contribution in [0.2, 0.25) is 0 Å². The number of nitrogens with two attached hydrogens (primary N) is 1. The Hall–Kier alpha value is -3.40. The molecule has 4 N–H and O–H groups in total. The van der Waals surface area contributed by atoms with Crippen molar-refractivity contribution < 1.29 is 0 Å². The van der Waals surface area contributed by atoms with Gasteiger partial charge in [0.15, 0.2) is 0 Å². The van der Waals surface area contributed by atoms with Crippen molar-refractivity contribution in [1.82, 2.24) is 10.6 Å². The third kappa shape index (κ3) is 9.57. The number of benzene rings is 1. The van der Waals surface area contributed by atoms with Gasteiger partial charge >= 0.3 is 0 Å². The lowest BCUT2D eigenvalue weighted by Gasteiger charge is -2.33. The third-order valence-corrected chi connectivity index (χ3v) is 12.7. The molecule has 0 aromatic heterocycles. The Balaban J connectivity index is 1.24. The van der Waals surface area contributed by atoms with Crippen molar-refractivity contribution in [2.24, 2.45) is 17.6 Å². The van der Waals surface area contributed by atoms with E-state index in [0.717, 1.165) is 51.5 Å². The second kappa shape index (κ2) is 19.1. The molecule has 0 spiro atoms. The highest BCUT2D eigenvalue weighted by molar-refractivity contribution is 5.70. The molecule has 0 saturated heterocycles. The molecule has 4 unspecified atom stereocenters. The number of hydrogen-bond acceptors (Lipinski definition) is 3. The minimum atomic E-state index is 0.290. The molecule has 0 bridgehead atoms. The fourth-order valence-electron chi connectivity index (χ4n) is 9.32. The lowest BCUT2D eigenvalue weighted by molar-refractivity contribution is 0.457. The first kappa shape index (κ1) is 38.3. The number of nitrogens with one attached hydrogen (secondary N) is 2. The Labute approximate surface area is 316 Å². The average molecular weight is 698 g/mol. The van der Waals surface area contributed by atoms with Gasteiger partial charge in [-0.2, -0.15) is 0 Å². The van der Waals surface area contributed by atoms with E-state index in [0.29, 0.717) is 30.5 Å². The van der Waals surface area contributed by atoms with Crippen molar-refractivity contribution in [3.63, 3.8) is 0 Å². The van der Waals surface area contributed by atoms with Gasteiger partial charge in [-0.05, 0) is 147 Å². The Kier molecular flexibility index (Phi) is 14.1. The fraction of sp³-hybridized carbons (Fsp3) is 0.510. The summed E-state index contributed by atoms with van der Waals surface area (Å²) in [6.07, 6.45) is 39.4. The number of fused-ring (bicyclic) bond motifs is 1. The van der Waals surface area contributed by atoms with Gasteiger partial charge in [0.25, 0.3) is 0 Å². The standard InChI is InChI=1S/C49H67N3/c1-5-35(3)32-38(6-2)48-30-27-42(33-51-48)41(34-52-49-20-13-16-39-15-7-8-17-45(39)49)24-21-36(4)43-28-29-44(47-19-10-9-18-46(43)47)40-25-22-37(23-26-40)14-11-12-31-50/h6,9-12,18-19,22,24-25,27,30,33,35-36,48-49,51-52H,5,7-8,13-17,20-21,23,26,28-29,31-32,34,50H2,1-4H3/b12-11-,38-6+,41-24+. The smallest absolute Gasteiger partial charge is 0.0655 e. The van der Waals surface area contributed by atoms with Crippen LogP contribution in [-0.4, -0.2) is 25.2 Å². The van der Waals surface area contributed by atoms with Crippen molar-refractivity contribution in [2.75, 3.05) is 13.1 Å². The molecule has 3 nitrogen and oxygen atoms in total. The van der Waals surface area contributed by atoms with Crippen molar-refractivity contribution in [3.8, 4) is 0 Å². The van der Waals surface area contributed by atoms with E-state index >= 15 is 0 Å². The normalized spacial score (nSPS) is 23.8. The predicted octanol–water partition coefficient (Wildman–Crippen LogP) is 10.1. The van der Waals surface area contributed by atoms with E-state index in [2.05, 4.69) is 117 Å². The Morgan fingerprint density at radius 3 is 2.54 bits per heavy atom. The third-order valence-electron chi connectivity index (χ3n) is 12.7. The quantitative estimate of drug-likeness (QED) is 0.160. The van der Waals surface area contributed by atoms with Gasteiger partial charge in [0, 0.05) is 25.3 Å². The summed E-state index contributed by atoms with van der Waals surface area (Å²) >= 11 is 0. The van der Waals surface area contributed by atoms with Gasteiger partial charge in [0.1, 0.15) is 0 Å². The van der Waals surface area contributed by atoms with Crippen LogP contribution in [0.25, 0.3) is 11.1 Å². The van der Waals surface area contributed by atoms with Gasteiger partial charge in [0.2, 0.25) is 0 Å². The number of hydrogen-bond donors (Lipinski definition) is 3. The number of rotatable bonds is 15. The second-order valence-corrected chi connectivity index (χ2v) is 16.2. The first-order valence-electron chi connectivity index (χ1n) is 21.0. The summed E-state index contributed by atoms with van der Waals surface area (Å²) in [6, 6.07) is 10.1. The molecule has 6 rings (SSSR count). The summed E-state index contributed by atoms with van der Waals surface area (Å²) in [5, 5.41) is 10.9. The molecule has 3 heteroatoms. The molecule has 1 aliphatic heterocycles. The minimum absolute atomic E-state index is 0.290. The molecule has 52 heavy (non-hydrogen) atoms. The molecule has 5 aliphatic rings. The number of allylic oxidation sites excluding steroid dienone is 9. The summed E-state index contributed by atoms with van der Waals surface area (Å²) in [6.45, 7) is 10.9. The van der Waals surface area contributed by atoms with Gasteiger partial charge in [-0.1, -0.05) is 122 Å². The van der Waals surface area contributed by atoms with E-state index in [1.54, 1.807) is 22.3 Å². The highest BCUT2D eigenvalue weighted by Gasteiger charge is 2.26. The van der Waals surface area contributed by atoms with Crippen LogP contribution in [0, 0.1) is 11.8 Å². The van der Waals surface area contributed by atoms with Crippen LogP contribution in [0.4, 0.5) is 0 Å². The van der Waals surface area contributed by atoms with Crippen molar-refractivity contribution >= 4 is 11.1 Å². The van der Waals surface area contributed by atoms with E-state index in [-0.39, 0.29) is 0 Å². The van der Waals surface area contributed by atoms with Gasteiger partial charge < -0.3 is 16.4 Å². The van der Waals surface area contributed by atoms with E-state index in [1.165, 1.54) is 89.7 Å². The lowest BCUT2D eigenvalue weighted by Crippen LogP contribution is -2.36. The Morgan fingerprint density at radius 2 is 1.79 bits per heavy atom. The molecule has 4 aliphatic carbocycles. The van der Waals surface area contributed by atoms with E-state index in [1.807, 2.05) is 0 Å². The Bertz CT molecular complexity index is 1780. The zero-order chi connectivity index (χ0) is 36.3. The molecular weight excluding hydrogens is 631 g/mol. The fourth-order valence-corrected chi connectivity index (χ4v) is 9.32. The highest BCUT2D eigenvalue weighted by Crippen LogP contribution is 2.36. The zero-order valence-electron chi connectivity index (χ0n) is 32.9. The second-order valence-electron chi connectivity index (χ2n) is 16.2. The monoisotopic (exact) mass is 698 g/mol. The van der Waals surface area contributed by atoms with Crippen molar-refractivity contribution in [1.29, 1.82) is 0 Å². The number of dihydropyridines is 1. The summed E-state index contributed by atoms with van der Waals surface area (Å²) in [5.41, 5.74) is 19.7. The first-order valence-corrected chi connectivity index (χ1v) is 21.0. The van der Waals surface area contributed by atoms with Crippen LogP contribution >= 0.6 is 0 Å². The molecule has 1 heterocycles. The van der Waals surface area contributed by atoms with Crippen LogP contribution in [0.15, 0.2) is 118 Å². The van der Waals surface area contributed by atoms with Crippen LogP contribution < -0.4 is 26.8 Å². The summed E-state index contributed by atoms with van der Waals surface area (Å²) in [5.74, 6) is 1.19. The van der Waals surface area contributed by atoms with Gasteiger partial charge in [-0.25, -0.2) is 0 Å². The largest absolute Gasteiger partial charge is 0.380 e. The maximum atomic E-state index is 5.66. The van der Waals surface area contributed by atoms with Crippen LogP contribution in [0.3, 0.4) is 0 Å². The zero-order valence-corrected chi connectivity index (χ0v) is 32.9. The molecule has 0 saturated carbocycles. The molecule has 1 aromatic carbocycles. The summed E-state index contributed by atoms with van der Waals surface area (Å²) in [4.78, 5) is 0. The molecule has 4 atom stereocenters. The van der Waals surface area contributed by atoms with Crippen LogP contribution in [0.5, 0.6) is 0 Å². The predicted molar refractivity (Wildman–Crippen MR) is 225 cm³/mol. The van der Waals surface area contributed by atoms with E-state index < -0.39 is 0 Å². The van der Waals surface area contributed by atoms with E-state index in [9.17, 15) is 0 Å². The van der Waals surface area contributed by atoms with Gasteiger partial charge in [-0.3, -0.25) is 0 Å². The van der Waals surface area contributed by atoms with Crippen molar-refractivity contribution in [3.05, 3.63) is 129 Å². The van der Waals surface area contributed by atoms with Crippen LogP contribution in [-0.2, 0) is 0 Å². The topological polar surface area (TPSA) is 50.1 Å². The van der Waals surface area contributed by atoms with E-state index in [4.69, 9.17) is 5.73 Å². The SMILES string of the molecule is C/C=C(\CC(C)CC)C1C=CC(/C(=C/CC(C)C2=c3ccccc3=C(C3=CC=C(C/C=C\CN)CC3)CC2)CNC2CCCC3=C2CCCC3)=CN1. The summed E-state index contributed by atoms with van der Waals surface area (Å²) in [7, 11) is 0.